The Morgan fingerprint density at radius 1 is 1.04 bits per heavy atom. The number of guanidine groups is 1. The molecule has 0 radical (unpaired) electrons. The molecule has 0 atom stereocenters. The summed E-state index contributed by atoms with van der Waals surface area (Å²) >= 11 is 3.25. The first-order valence-corrected chi connectivity index (χ1v) is 9.03. The van der Waals surface area contributed by atoms with Crippen LogP contribution in [0.4, 0.5) is 14.0 Å². The molecule has 0 aliphatic rings. The third-order valence-corrected chi connectivity index (χ3v) is 3.44. The molecule has 0 aliphatic heterocycles. The van der Waals surface area contributed by atoms with E-state index in [1.54, 1.807) is 53.7 Å². The molecular weight excluding hydrogens is 421 g/mol. The largest absolute Gasteiger partial charge is 0.444 e. The van der Waals surface area contributed by atoms with E-state index >= 15 is 0 Å². The highest BCUT2D eigenvalue weighted by molar-refractivity contribution is 9.10. The Labute approximate surface area is 166 Å². The van der Waals surface area contributed by atoms with Crippen molar-refractivity contribution in [2.75, 3.05) is 0 Å². The maximum atomic E-state index is 13.9. The van der Waals surface area contributed by atoms with E-state index in [-0.39, 0.29) is 18.1 Å². The number of hydrogen-bond acceptors (Lipinski definition) is 5. The highest BCUT2D eigenvalue weighted by Gasteiger charge is 2.21. The average Bonchev–Trinajstić information content (AvgIpc) is 2.42. The molecule has 0 bridgehead atoms. The lowest BCUT2D eigenvalue weighted by atomic mass is 10.2. The van der Waals surface area contributed by atoms with Gasteiger partial charge in [-0.2, -0.15) is 0 Å². The van der Waals surface area contributed by atoms with E-state index in [9.17, 15) is 14.0 Å². The lowest BCUT2D eigenvalue weighted by molar-refractivity contribution is 0.0545. The second kappa shape index (κ2) is 9.16. The fourth-order valence-electron chi connectivity index (χ4n) is 1.75. The Morgan fingerprint density at radius 3 is 1.93 bits per heavy atom. The lowest BCUT2D eigenvalue weighted by Gasteiger charge is -2.22. The number of carbonyl (C=O) groups excluding carboxylic acids is 2. The number of carbonyl (C=O) groups is 2. The molecule has 1 aromatic rings. The smallest absolute Gasteiger partial charge is 0.414 e. The molecule has 0 heterocycles. The van der Waals surface area contributed by atoms with Crippen LogP contribution in [0.1, 0.15) is 47.1 Å². The predicted molar refractivity (Wildman–Crippen MR) is 104 cm³/mol. The SMILES string of the molecule is CC(C)(C)OC(=O)NC(=NCc1c(F)cccc1Br)NC(=O)OC(C)(C)C. The molecule has 2 amide bonds. The minimum absolute atomic E-state index is 0.131. The molecule has 0 aromatic heterocycles. The number of hydrogen-bond donors (Lipinski definition) is 2. The van der Waals surface area contributed by atoms with Crippen LogP contribution < -0.4 is 10.6 Å². The lowest BCUT2D eigenvalue weighted by Crippen LogP contribution is -2.47. The van der Waals surface area contributed by atoms with E-state index in [0.717, 1.165) is 0 Å². The zero-order valence-electron chi connectivity index (χ0n) is 16.3. The predicted octanol–water partition coefficient (Wildman–Crippen LogP) is 4.49. The number of aliphatic imine (C=N–C) groups is 1. The molecule has 1 aromatic carbocycles. The van der Waals surface area contributed by atoms with E-state index < -0.39 is 29.2 Å². The highest BCUT2D eigenvalue weighted by Crippen LogP contribution is 2.20. The van der Waals surface area contributed by atoms with Gasteiger partial charge in [-0.15, -0.1) is 0 Å². The van der Waals surface area contributed by atoms with Crippen molar-refractivity contribution in [2.24, 2.45) is 4.99 Å². The third-order valence-electron chi connectivity index (χ3n) is 2.70. The molecule has 0 spiro atoms. The number of nitrogens with zero attached hydrogens (tertiary/aromatic N) is 1. The van der Waals surface area contributed by atoms with Crippen molar-refractivity contribution in [3.05, 3.63) is 34.1 Å². The fourth-order valence-corrected chi connectivity index (χ4v) is 2.22. The number of ether oxygens (including phenoxy) is 2. The van der Waals surface area contributed by atoms with Crippen molar-refractivity contribution in [3.63, 3.8) is 0 Å². The van der Waals surface area contributed by atoms with Gasteiger partial charge < -0.3 is 9.47 Å². The molecule has 0 saturated carbocycles. The number of rotatable bonds is 2. The molecule has 0 unspecified atom stereocenters. The van der Waals surface area contributed by atoms with Crippen molar-refractivity contribution >= 4 is 34.1 Å². The molecule has 9 heteroatoms. The van der Waals surface area contributed by atoms with Crippen molar-refractivity contribution < 1.29 is 23.5 Å². The highest BCUT2D eigenvalue weighted by atomic mass is 79.9. The van der Waals surface area contributed by atoms with Crippen LogP contribution in [0.2, 0.25) is 0 Å². The summed E-state index contributed by atoms with van der Waals surface area (Å²) in [6.45, 7) is 10.0. The second-order valence-electron chi connectivity index (χ2n) is 7.62. The van der Waals surface area contributed by atoms with Crippen LogP contribution in [-0.4, -0.2) is 29.3 Å². The number of nitrogens with one attached hydrogen (secondary N) is 2. The van der Waals surface area contributed by atoms with E-state index in [4.69, 9.17) is 9.47 Å². The summed E-state index contributed by atoms with van der Waals surface area (Å²) < 4.78 is 24.7. The molecule has 0 aliphatic carbocycles. The molecule has 2 N–H and O–H groups in total. The van der Waals surface area contributed by atoms with Gasteiger partial charge in [0.2, 0.25) is 5.96 Å². The Hall–Kier alpha value is -2.16. The van der Waals surface area contributed by atoms with Crippen molar-refractivity contribution in [1.29, 1.82) is 0 Å². The third kappa shape index (κ3) is 9.37. The van der Waals surface area contributed by atoms with Crippen molar-refractivity contribution in [3.8, 4) is 0 Å². The van der Waals surface area contributed by atoms with Gasteiger partial charge in [-0.3, -0.25) is 10.6 Å². The molecule has 27 heavy (non-hydrogen) atoms. The summed E-state index contributed by atoms with van der Waals surface area (Å²) in [5, 5.41) is 4.68. The minimum atomic E-state index is -0.815. The van der Waals surface area contributed by atoms with Gasteiger partial charge in [-0.25, -0.2) is 19.0 Å². The summed E-state index contributed by atoms with van der Waals surface area (Å²) in [4.78, 5) is 28.1. The molecule has 0 fully saturated rings. The Kier molecular flexibility index (Phi) is 7.77. The van der Waals surface area contributed by atoms with E-state index in [2.05, 4.69) is 31.6 Å². The Bertz CT molecular complexity index is 672. The summed E-state index contributed by atoms with van der Waals surface area (Å²) in [7, 11) is 0. The molecule has 1 rings (SSSR count). The molecule has 150 valence electrons. The van der Waals surface area contributed by atoms with Crippen molar-refractivity contribution in [2.45, 2.75) is 59.3 Å². The van der Waals surface area contributed by atoms with E-state index in [1.165, 1.54) is 6.07 Å². The van der Waals surface area contributed by atoms with Crippen LogP contribution in [0.15, 0.2) is 27.7 Å². The first-order valence-electron chi connectivity index (χ1n) is 8.24. The average molecular weight is 446 g/mol. The van der Waals surface area contributed by atoms with Gasteiger partial charge >= 0.3 is 12.2 Å². The quantitative estimate of drug-likeness (QED) is 0.518. The summed E-state index contributed by atoms with van der Waals surface area (Å²) in [6.07, 6.45) is -1.63. The number of alkyl carbamates (subject to hydrolysis) is 2. The van der Waals surface area contributed by atoms with Gasteiger partial charge in [0, 0.05) is 10.0 Å². The summed E-state index contributed by atoms with van der Waals surface area (Å²) in [5.74, 6) is -0.685. The zero-order valence-corrected chi connectivity index (χ0v) is 17.9. The second-order valence-corrected chi connectivity index (χ2v) is 8.47. The number of amides is 2. The standard InChI is InChI=1S/C18H25BrFN3O4/c1-17(2,3)26-15(24)22-14(23-16(25)27-18(4,5)6)21-10-11-12(19)8-7-9-13(11)20/h7-9H,10H2,1-6H3,(H2,21,22,23,24,25). The van der Waals surface area contributed by atoms with E-state index in [1.807, 2.05) is 0 Å². The van der Waals surface area contributed by atoms with E-state index in [0.29, 0.717) is 4.47 Å². The maximum absolute atomic E-state index is 13.9. The van der Waals surface area contributed by atoms with Crippen LogP contribution >= 0.6 is 15.9 Å². The van der Waals surface area contributed by atoms with Crippen molar-refractivity contribution in [1.82, 2.24) is 10.6 Å². The van der Waals surface area contributed by atoms with Gasteiger partial charge in [0.15, 0.2) is 0 Å². The molecule has 7 nitrogen and oxygen atoms in total. The first-order chi connectivity index (χ1) is 12.3. The zero-order chi connectivity index (χ0) is 20.8. The topological polar surface area (TPSA) is 89.0 Å². The number of halogens is 2. The van der Waals surface area contributed by atoms with Crippen LogP contribution in [0, 0.1) is 5.82 Å². The van der Waals surface area contributed by atoms with Crippen LogP contribution in [0.5, 0.6) is 0 Å². The van der Waals surface area contributed by atoms with Gasteiger partial charge in [0.1, 0.15) is 17.0 Å². The minimum Gasteiger partial charge on any atom is -0.444 e. The Balaban J connectivity index is 2.98. The monoisotopic (exact) mass is 445 g/mol. The van der Waals surface area contributed by atoms with Gasteiger partial charge in [-0.1, -0.05) is 22.0 Å². The summed E-state index contributed by atoms with van der Waals surface area (Å²) in [5.41, 5.74) is -1.21. The molecule has 0 saturated heterocycles. The van der Waals surface area contributed by atoms with Gasteiger partial charge in [-0.05, 0) is 53.7 Å². The van der Waals surface area contributed by atoms with Crippen LogP contribution in [-0.2, 0) is 16.0 Å². The fraction of sp³-hybridized carbons (Fsp3) is 0.500. The maximum Gasteiger partial charge on any atom is 0.414 e. The van der Waals surface area contributed by atoms with Crippen LogP contribution in [0.3, 0.4) is 0 Å². The van der Waals surface area contributed by atoms with Gasteiger partial charge in [0.25, 0.3) is 0 Å². The first kappa shape index (κ1) is 22.9. The number of benzene rings is 1. The Morgan fingerprint density at radius 2 is 1.52 bits per heavy atom. The normalized spacial score (nSPS) is 11.4. The van der Waals surface area contributed by atoms with Gasteiger partial charge in [0.05, 0.1) is 6.54 Å². The van der Waals surface area contributed by atoms with Crippen LogP contribution in [0.25, 0.3) is 0 Å². The summed E-state index contributed by atoms with van der Waals surface area (Å²) in [6, 6.07) is 4.50. The molecular formula is C18H25BrFN3O4.